The third-order valence-corrected chi connectivity index (χ3v) is 7.14. The van der Waals surface area contributed by atoms with E-state index in [9.17, 15) is 0 Å². The zero-order chi connectivity index (χ0) is 28.1. The number of pyridine rings is 5. The third kappa shape index (κ3) is 5.31. The van der Waals surface area contributed by atoms with E-state index in [2.05, 4.69) is 69.5 Å². The SMILES string of the molecule is c1ccc(-c2ccc(-c3cc(-c4cccnc4)cc(-c4ccc(-c5cccc(-c6ccccn6)n5)nc4)c3)cc2)nc1. The molecule has 0 saturated carbocycles. The first kappa shape index (κ1) is 25.2. The van der Waals surface area contributed by atoms with Crippen molar-refractivity contribution in [3.05, 3.63) is 152 Å². The van der Waals surface area contributed by atoms with Crippen molar-refractivity contribution in [3.63, 3.8) is 0 Å². The molecule has 0 saturated heterocycles. The Bertz CT molecular complexity index is 1940. The average Bonchev–Trinajstić information content (AvgIpc) is 3.09. The minimum absolute atomic E-state index is 0.808. The van der Waals surface area contributed by atoms with E-state index in [0.29, 0.717) is 0 Å². The van der Waals surface area contributed by atoms with Crippen molar-refractivity contribution in [2.75, 3.05) is 0 Å². The Morgan fingerprint density at radius 2 is 0.881 bits per heavy atom. The molecule has 5 heteroatoms. The van der Waals surface area contributed by atoms with Crippen molar-refractivity contribution >= 4 is 0 Å². The van der Waals surface area contributed by atoms with Crippen molar-refractivity contribution in [3.8, 4) is 67.4 Å². The Morgan fingerprint density at radius 1 is 0.310 bits per heavy atom. The molecule has 0 aliphatic carbocycles. The molecule has 7 aromatic rings. The molecular formula is C37H25N5. The lowest BCUT2D eigenvalue weighted by atomic mass is 9.93. The molecule has 0 N–H and O–H groups in total. The fourth-order valence-corrected chi connectivity index (χ4v) is 4.98. The molecule has 0 atom stereocenters. The molecule has 0 aliphatic heterocycles. The second kappa shape index (κ2) is 11.4. The van der Waals surface area contributed by atoms with Gasteiger partial charge in [-0.2, -0.15) is 0 Å². The van der Waals surface area contributed by atoms with Gasteiger partial charge in [0.15, 0.2) is 0 Å². The summed E-state index contributed by atoms with van der Waals surface area (Å²) in [7, 11) is 0. The van der Waals surface area contributed by atoms with Crippen LogP contribution in [0.3, 0.4) is 0 Å². The van der Waals surface area contributed by atoms with Crippen LogP contribution in [0.4, 0.5) is 0 Å². The van der Waals surface area contributed by atoms with E-state index >= 15 is 0 Å². The number of rotatable bonds is 6. The van der Waals surface area contributed by atoms with Gasteiger partial charge in [0, 0.05) is 47.7 Å². The summed E-state index contributed by atoms with van der Waals surface area (Å²) in [5.41, 5.74) is 11.8. The highest BCUT2D eigenvalue weighted by Gasteiger charge is 2.10. The van der Waals surface area contributed by atoms with Gasteiger partial charge in [0.2, 0.25) is 0 Å². The highest BCUT2D eigenvalue weighted by molar-refractivity contribution is 5.81. The Morgan fingerprint density at radius 3 is 1.48 bits per heavy atom. The van der Waals surface area contributed by atoms with Crippen LogP contribution >= 0.6 is 0 Å². The molecule has 5 nitrogen and oxygen atoms in total. The van der Waals surface area contributed by atoms with Gasteiger partial charge >= 0.3 is 0 Å². The highest BCUT2D eigenvalue weighted by Crippen LogP contribution is 2.34. The predicted molar refractivity (Wildman–Crippen MR) is 168 cm³/mol. The van der Waals surface area contributed by atoms with Crippen molar-refractivity contribution in [1.29, 1.82) is 0 Å². The van der Waals surface area contributed by atoms with E-state index in [1.807, 2.05) is 85.3 Å². The number of hydrogen-bond donors (Lipinski definition) is 0. The first-order valence-corrected chi connectivity index (χ1v) is 13.7. The van der Waals surface area contributed by atoms with E-state index in [-0.39, 0.29) is 0 Å². The lowest BCUT2D eigenvalue weighted by molar-refractivity contribution is 1.22. The molecule has 198 valence electrons. The number of nitrogens with zero attached hydrogens (tertiary/aromatic N) is 5. The van der Waals surface area contributed by atoms with Gasteiger partial charge < -0.3 is 0 Å². The Kier molecular flexibility index (Phi) is 6.81. The Labute approximate surface area is 244 Å². The van der Waals surface area contributed by atoms with Gasteiger partial charge in [0.1, 0.15) is 0 Å². The molecular weight excluding hydrogens is 514 g/mol. The molecule has 7 rings (SSSR count). The Balaban J connectivity index is 1.25. The maximum atomic E-state index is 4.82. The fourth-order valence-electron chi connectivity index (χ4n) is 4.98. The fraction of sp³-hybridized carbons (Fsp3) is 0. The monoisotopic (exact) mass is 539 g/mol. The summed E-state index contributed by atoms with van der Waals surface area (Å²) >= 11 is 0. The van der Waals surface area contributed by atoms with Crippen LogP contribution in [-0.2, 0) is 0 Å². The smallest absolute Gasteiger partial charge is 0.0894 e. The molecule has 5 aromatic heterocycles. The molecule has 5 heterocycles. The van der Waals surface area contributed by atoms with Crippen LogP contribution in [0.2, 0.25) is 0 Å². The molecule has 0 aliphatic rings. The molecule has 42 heavy (non-hydrogen) atoms. The normalized spacial score (nSPS) is 10.9. The summed E-state index contributed by atoms with van der Waals surface area (Å²) < 4.78 is 0. The van der Waals surface area contributed by atoms with Gasteiger partial charge in [-0.25, -0.2) is 4.98 Å². The quantitative estimate of drug-likeness (QED) is 0.212. The zero-order valence-electron chi connectivity index (χ0n) is 22.7. The second-order valence-corrected chi connectivity index (χ2v) is 9.89. The lowest BCUT2D eigenvalue weighted by Crippen LogP contribution is -1.92. The van der Waals surface area contributed by atoms with Crippen LogP contribution in [0.15, 0.2) is 152 Å². The largest absolute Gasteiger partial charge is 0.264 e. The van der Waals surface area contributed by atoms with E-state index in [1.165, 1.54) is 0 Å². The minimum Gasteiger partial charge on any atom is -0.264 e. The van der Waals surface area contributed by atoms with Crippen LogP contribution in [0.1, 0.15) is 0 Å². The first-order valence-electron chi connectivity index (χ1n) is 13.7. The second-order valence-electron chi connectivity index (χ2n) is 9.89. The van der Waals surface area contributed by atoms with Crippen molar-refractivity contribution < 1.29 is 0 Å². The van der Waals surface area contributed by atoms with Gasteiger partial charge in [0.25, 0.3) is 0 Å². The van der Waals surface area contributed by atoms with Crippen molar-refractivity contribution in [1.82, 2.24) is 24.9 Å². The number of hydrogen-bond acceptors (Lipinski definition) is 5. The standard InChI is InChI=1S/C37H25N5/c1-3-19-39-33(8-1)27-14-12-26(13-15-27)30-21-31(28-7-6-18-38-24-28)23-32(22-30)29-16-17-35(41-25-29)37-11-5-10-36(42-37)34-9-2-4-20-40-34/h1-25H. The Hall–Kier alpha value is -5.81. The van der Waals surface area contributed by atoms with Crippen molar-refractivity contribution in [2.24, 2.45) is 0 Å². The van der Waals surface area contributed by atoms with Crippen molar-refractivity contribution in [2.45, 2.75) is 0 Å². The van der Waals surface area contributed by atoms with E-state index in [1.54, 1.807) is 12.4 Å². The summed E-state index contributed by atoms with van der Waals surface area (Å²) in [5, 5.41) is 0. The van der Waals surface area contributed by atoms with Gasteiger partial charge in [-0.15, -0.1) is 0 Å². The minimum atomic E-state index is 0.808. The molecule has 0 fully saturated rings. The average molecular weight is 540 g/mol. The van der Waals surface area contributed by atoms with Gasteiger partial charge in [-0.05, 0) is 89.0 Å². The predicted octanol–water partition coefficient (Wildman–Crippen LogP) is 8.66. The van der Waals surface area contributed by atoms with Crippen LogP contribution in [0.25, 0.3) is 67.4 Å². The molecule has 0 radical (unpaired) electrons. The first-order chi connectivity index (χ1) is 20.8. The summed E-state index contributed by atoms with van der Waals surface area (Å²) in [5.74, 6) is 0. The van der Waals surface area contributed by atoms with Crippen LogP contribution < -0.4 is 0 Å². The zero-order valence-corrected chi connectivity index (χ0v) is 22.7. The van der Waals surface area contributed by atoms with E-state index < -0.39 is 0 Å². The summed E-state index contributed by atoms with van der Waals surface area (Å²) in [6.07, 6.45) is 9.21. The van der Waals surface area contributed by atoms with Gasteiger partial charge in [-0.3, -0.25) is 19.9 Å². The van der Waals surface area contributed by atoms with Crippen LogP contribution in [-0.4, -0.2) is 24.9 Å². The number of aromatic nitrogens is 5. The van der Waals surface area contributed by atoms with Crippen LogP contribution in [0.5, 0.6) is 0 Å². The summed E-state index contributed by atoms with van der Waals surface area (Å²) in [4.78, 5) is 22.9. The summed E-state index contributed by atoms with van der Waals surface area (Å²) in [6, 6.07) is 41.1. The van der Waals surface area contributed by atoms with E-state index in [0.717, 1.165) is 67.4 Å². The molecule has 2 aromatic carbocycles. The summed E-state index contributed by atoms with van der Waals surface area (Å²) in [6.45, 7) is 0. The topological polar surface area (TPSA) is 64.5 Å². The van der Waals surface area contributed by atoms with Crippen LogP contribution in [0, 0.1) is 0 Å². The highest BCUT2D eigenvalue weighted by atomic mass is 14.8. The lowest BCUT2D eigenvalue weighted by Gasteiger charge is -2.12. The maximum absolute atomic E-state index is 4.82. The van der Waals surface area contributed by atoms with Gasteiger partial charge in [-0.1, -0.05) is 54.6 Å². The number of benzene rings is 2. The molecule has 0 bridgehead atoms. The van der Waals surface area contributed by atoms with Gasteiger partial charge in [0.05, 0.1) is 28.5 Å². The van der Waals surface area contributed by atoms with E-state index in [4.69, 9.17) is 9.97 Å². The molecule has 0 unspecified atom stereocenters. The third-order valence-electron chi connectivity index (χ3n) is 7.14. The maximum Gasteiger partial charge on any atom is 0.0894 e. The molecule has 0 amide bonds. The molecule has 0 spiro atoms.